The predicted molar refractivity (Wildman–Crippen MR) is 131 cm³/mol. The van der Waals surface area contributed by atoms with E-state index >= 15 is 0 Å². The number of rotatable bonds is 7. The summed E-state index contributed by atoms with van der Waals surface area (Å²) in [6.45, 7) is 5.56. The first kappa shape index (κ1) is 24.3. The molecule has 1 aromatic carbocycles. The molecule has 4 rings (SSSR count). The number of nitrogens with zero attached hydrogens (tertiary/aromatic N) is 2. The Morgan fingerprint density at radius 1 is 1.24 bits per heavy atom. The molecule has 1 fully saturated rings. The van der Waals surface area contributed by atoms with E-state index in [9.17, 15) is 18.0 Å². The molecule has 0 spiro atoms. The molecule has 2 aromatic heterocycles. The number of alkyl halides is 3. The molecule has 34 heavy (non-hydrogen) atoms. The van der Waals surface area contributed by atoms with Crippen molar-refractivity contribution in [2.45, 2.75) is 32.0 Å². The van der Waals surface area contributed by atoms with E-state index in [0.29, 0.717) is 35.0 Å². The second-order valence-electron chi connectivity index (χ2n) is 8.28. The van der Waals surface area contributed by atoms with Crippen molar-refractivity contribution < 1.29 is 18.0 Å². The van der Waals surface area contributed by atoms with Crippen molar-refractivity contribution in [3.8, 4) is 0 Å². The van der Waals surface area contributed by atoms with E-state index in [2.05, 4.69) is 57.0 Å². The Balaban J connectivity index is 1.38. The molecule has 3 aromatic rings. The molecule has 3 N–H and O–H groups in total. The number of thiophene rings is 1. The molecule has 0 aliphatic carbocycles. The smallest absolute Gasteiger partial charge is 0.386 e. The maximum absolute atomic E-state index is 13.0. The Bertz CT molecular complexity index is 1150. The molecule has 1 atom stereocenters. The summed E-state index contributed by atoms with van der Waals surface area (Å²) in [5, 5.41) is 9.83. The van der Waals surface area contributed by atoms with Gasteiger partial charge in [0.1, 0.15) is 15.4 Å². The number of carbonyl (C=O) groups is 1. The van der Waals surface area contributed by atoms with Gasteiger partial charge in [-0.3, -0.25) is 4.79 Å². The third-order valence-corrected chi connectivity index (χ3v) is 7.15. The van der Waals surface area contributed by atoms with Gasteiger partial charge in [-0.05, 0) is 42.7 Å². The molecule has 182 valence electrons. The first-order valence-electron chi connectivity index (χ1n) is 11.3. The molecule has 1 amide bonds. The molecule has 1 aliphatic rings. The fourth-order valence-corrected chi connectivity index (χ4v) is 5.25. The van der Waals surface area contributed by atoms with Crippen molar-refractivity contribution in [3.05, 3.63) is 52.5 Å². The Labute approximate surface area is 200 Å². The van der Waals surface area contributed by atoms with Crippen LogP contribution in [0, 0.1) is 0 Å². The van der Waals surface area contributed by atoms with Crippen molar-refractivity contribution in [2.75, 3.05) is 43.4 Å². The van der Waals surface area contributed by atoms with Crippen LogP contribution in [0.25, 0.3) is 10.2 Å². The lowest BCUT2D eigenvalue weighted by molar-refractivity contribution is -0.140. The highest BCUT2D eigenvalue weighted by atomic mass is 32.1. The van der Waals surface area contributed by atoms with Gasteiger partial charge in [-0.2, -0.15) is 13.2 Å². The lowest BCUT2D eigenvalue weighted by atomic mass is 10.1. The predicted octanol–water partition coefficient (Wildman–Crippen LogP) is 4.52. The molecular formula is C24H28F3N5OS. The molecule has 1 aliphatic heterocycles. The highest BCUT2D eigenvalue weighted by Crippen LogP contribution is 2.37. The summed E-state index contributed by atoms with van der Waals surface area (Å²) in [6.07, 6.45) is -2.77. The molecule has 10 heteroatoms. The van der Waals surface area contributed by atoms with Crippen LogP contribution in [0.15, 0.2) is 36.4 Å². The number of pyridine rings is 1. The van der Waals surface area contributed by atoms with Crippen LogP contribution in [-0.2, 0) is 12.6 Å². The summed E-state index contributed by atoms with van der Waals surface area (Å²) >= 11 is 0.957. The highest BCUT2D eigenvalue weighted by molar-refractivity contribution is 7.21. The Morgan fingerprint density at radius 3 is 2.68 bits per heavy atom. The third-order valence-electron chi connectivity index (χ3n) is 6.05. The van der Waals surface area contributed by atoms with Gasteiger partial charge in [-0.1, -0.05) is 19.1 Å². The SMILES string of the molecule is CC[C@@H]1CN(c2ccc(CCNC(=O)c3sc4nc(C(F)(F)F)ccc4c3NC)cc2)CCN1. The van der Waals surface area contributed by atoms with E-state index in [-0.39, 0.29) is 10.7 Å². The second-order valence-corrected chi connectivity index (χ2v) is 9.28. The average molecular weight is 492 g/mol. The van der Waals surface area contributed by atoms with Crippen molar-refractivity contribution >= 4 is 38.8 Å². The van der Waals surface area contributed by atoms with E-state index in [1.165, 1.54) is 11.8 Å². The Hall–Kier alpha value is -2.85. The minimum atomic E-state index is -4.53. The number of nitrogens with one attached hydrogen (secondary N) is 3. The highest BCUT2D eigenvalue weighted by Gasteiger charge is 2.33. The van der Waals surface area contributed by atoms with Crippen LogP contribution in [0.1, 0.15) is 34.3 Å². The summed E-state index contributed by atoms with van der Waals surface area (Å²) in [7, 11) is 1.64. The number of hydrogen-bond donors (Lipinski definition) is 3. The van der Waals surface area contributed by atoms with Gasteiger partial charge in [0.2, 0.25) is 0 Å². The van der Waals surface area contributed by atoms with E-state index in [4.69, 9.17) is 0 Å². The Morgan fingerprint density at radius 2 is 2.00 bits per heavy atom. The zero-order chi connectivity index (χ0) is 24.3. The van der Waals surface area contributed by atoms with Crippen LogP contribution in [0.5, 0.6) is 0 Å². The number of hydrogen-bond acceptors (Lipinski definition) is 6. The first-order valence-corrected chi connectivity index (χ1v) is 12.2. The second kappa shape index (κ2) is 10.2. The number of aromatic nitrogens is 1. The van der Waals surface area contributed by atoms with Crippen molar-refractivity contribution in [1.29, 1.82) is 0 Å². The number of piperazine rings is 1. The van der Waals surface area contributed by atoms with Gasteiger partial charge >= 0.3 is 6.18 Å². The maximum Gasteiger partial charge on any atom is 0.433 e. The van der Waals surface area contributed by atoms with Crippen LogP contribution < -0.4 is 20.9 Å². The van der Waals surface area contributed by atoms with Crippen molar-refractivity contribution in [1.82, 2.24) is 15.6 Å². The van der Waals surface area contributed by atoms with E-state index in [1.54, 1.807) is 7.05 Å². The lowest BCUT2D eigenvalue weighted by Gasteiger charge is -2.35. The van der Waals surface area contributed by atoms with Gasteiger partial charge in [-0.25, -0.2) is 4.98 Å². The van der Waals surface area contributed by atoms with Crippen LogP contribution in [-0.4, -0.2) is 50.2 Å². The molecule has 0 saturated carbocycles. The van der Waals surface area contributed by atoms with Gasteiger partial charge in [0, 0.05) is 50.3 Å². The zero-order valence-electron chi connectivity index (χ0n) is 19.1. The van der Waals surface area contributed by atoms with Gasteiger partial charge in [0.25, 0.3) is 5.91 Å². The topological polar surface area (TPSA) is 69.3 Å². The van der Waals surface area contributed by atoms with Gasteiger partial charge in [-0.15, -0.1) is 11.3 Å². The van der Waals surface area contributed by atoms with Crippen LogP contribution in [0.3, 0.4) is 0 Å². The van der Waals surface area contributed by atoms with E-state index < -0.39 is 11.9 Å². The minimum absolute atomic E-state index is 0.179. The lowest BCUT2D eigenvalue weighted by Crippen LogP contribution is -2.50. The zero-order valence-corrected chi connectivity index (χ0v) is 19.9. The molecule has 1 saturated heterocycles. The largest absolute Gasteiger partial charge is 0.433 e. The number of amides is 1. The molecule has 0 bridgehead atoms. The van der Waals surface area contributed by atoms with Gasteiger partial charge < -0.3 is 20.9 Å². The summed E-state index contributed by atoms with van der Waals surface area (Å²) < 4.78 is 39.0. The Kier molecular flexibility index (Phi) is 7.27. The number of anilines is 2. The molecule has 6 nitrogen and oxygen atoms in total. The quantitative estimate of drug-likeness (QED) is 0.454. The fraction of sp³-hybridized carbons (Fsp3) is 0.417. The summed E-state index contributed by atoms with van der Waals surface area (Å²) in [4.78, 5) is 19.4. The number of fused-ring (bicyclic) bond motifs is 1. The summed E-state index contributed by atoms with van der Waals surface area (Å²) in [6, 6.07) is 11.2. The standard InChI is InChI=1S/C24H28F3N5OS/c1-3-16-14-32(13-12-29-16)17-6-4-15(5-7-17)10-11-30-22(33)21-20(28-2)18-8-9-19(24(25,26)27)31-23(18)34-21/h4-9,16,28-29H,3,10-14H2,1-2H3,(H,30,33)/t16-/m1/s1. The molecule has 0 radical (unpaired) electrons. The van der Waals surface area contributed by atoms with E-state index in [0.717, 1.165) is 49.0 Å². The van der Waals surface area contributed by atoms with Gasteiger partial charge in [0.05, 0.1) is 5.69 Å². The fourth-order valence-electron chi connectivity index (χ4n) is 4.15. The average Bonchev–Trinajstić information content (AvgIpc) is 3.22. The van der Waals surface area contributed by atoms with Crippen molar-refractivity contribution in [3.63, 3.8) is 0 Å². The minimum Gasteiger partial charge on any atom is -0.386 e. The summed E-state index contributed by atoms with van der Waals surface area (Å²) in [5.41, 5.74) is 1.82. The van der Waals surface area contributed by atoms with Crippen LogP contribution in [0.2, 0.25) is 0 Å². The maximum atomic E-state index is 13.0. The summed E-state index contributed by atoms with van der Waals surface area (Å²) in [5.74, 6) is -0.330. The number of carbonyl (C=O) groups excluding carboxylic acids is 1. The van der Waals surface area contributed by atoms with Crippen LogP contribution in [0.4, 0.5) is 24.5 Å². The van der Waals surface area contributed by atoms with Gasteiger partial charge in [0.15, 0.2) is 0 Å². The van der Waals surface area contributed by atoms with E-state index in [1.807, 2.05) is 0 Å². The third kappa shape index (κ3) is 5.28. The molecular weight excluding hydrogens is 463 g/mol. The number of benzene rings is 1. The molecule has 0 unspecified atom stereocenters. The van der Waals surface area contributed by atoms with Crippen molar-refractivity contribution in [2.24, 2.45) is 0 Å². The molecule has 3 heterocycles. The normalized spacial score (nSPS) is 16.6. The monoisotopic (exact) mass is 491 g/mol. The number of halogens is 3. The van der Waals surface area contributed by atoms with Crippen LogP contribution >= 0.6 is 11.3 Å². The first-order chi connectivity index (χ1) is 16.3.